The molecule has 1 rings (SSSR count). The minimum absolute atomic E-state index is 0.0237. The summed E-state index contributed by atoms with van der Waals surface area (Å²) in [6.45, 7) is -0.231. The van der Waals surface area contributed by atoms with Crippen LogP contribution in [0.5, 0.6) is 0 Å². The molecule has 5 nitrogen and oxygen atoms in total. The summed E-state index contributed by atoms with van der Waals surface area (Å²) in [6, 6.07) is 9.27. The molecule has 16 heavy (non-hydrogen) atoms. The number of aliphatic hydroxyl groups excluding tert-OH is 2. The molecular formula is C11H15NO4. The lowest BCUT2D eigenvalue weighted by Gasteiger charge is -2.09. The Kier molecular flexibility index (Phi) is 5.31. The SMILES string of the molecule is O=C(NC[C@H](O)CO)OCc1ccccc1. The van der Waals surface area contributed by atoms with Crippen molar-refractivity contribution in [2.45, 2.75) is 12.7 Å². The van der Waals surface area contributed by atoms with Crippen molar-refractivity contribution in [3.05, 3.63) is 35.9 Å². The number of nitrogens with one attached hydrogen (secondary N) is 1. The van der Waals surface area contributed by atoms with Crippen molar-refractivity contribution in [3.63, 3.8) is 0 Å². The highest BCUT2D eigenvalue weighted by molar-refractivity contribution is 5.67. The third-order valence-corrected chi connectivity index (χ3v) is 1.91. The second kappa shape index (κ2) is 6.81. The van der Waals surface area contributed by atoms with Crippen LogP contribution >= 0.6 is 0 Å². The first kappa shape index (κ1) is 12.5. The molecule has 0 saturated carbocycles. The van der Waals surface area contributed by atoms with Crippen LogP contribution in [0.3, 0.4) is 0 Å². The van der Waals surface area contributed by atoms with Gasteiger partial charge in [-0.15, -0.1) is 0 Å². The van der Waals surface area contributed by atoms with Crippen molar-refractivity contribution in [2.75, 3.05) is 13.2 Å². The minimum Gasteiger partial charge on any atom is -0.445 e. The molecule has 0 radical (unpaired) electrons. The fourth-order valence-electron chi connectivity index (χ4n) is 1.04. The van der Waals surface area contributed by atoms with E-state index in [1.807, 2.05) is 30.3 Å². The second-order valence-electron chi connectivity index (χ2n) is 3.28. The summed E-state index contributed by atoms with van der Waals surface area (Å²) in [6.07, 6.45) is -1.57. The van der Waals surface area contributed by atoms with E-state index in [0.717, 1.165) is 5.56 Å². The summed E-state index contributed by atoms with van der Waals surface area (Å²) in [5.74, 6) is 0. The molecule has 0 fully saturated rings. The van der Waals surface area contributed by atoms with Gasteiger partial charge >= 0.3 is 6.09 Å². The van der Waals surface area contributed by atoms with Gasteiger partial charge in [0.1, 0.15) is 6.61 Å². The van der Waals surface area contributed by atoms with Gasteiger partial charge in [0.2, 0.25) is 0 Å². The number of aliphatic hydroxyl groups is 2. The monoisotopic (exact) mass is 225 g/mol. The Hall–Kier alpha value is -1.59. The zero-order chi connectivity index (χ0) is 11.8. The second-order valence-corrected chi connectivity index (χ2v) is 3.28. The Balaban J connectivity index is 2.20. The van der Waals surface area contributed by atoms with Gasteiger partial charge in [0.15, 0.2) is 0 Å². The van der Waals surface area contributed by atoms with Crippen molar-refractivity contribution >= 4 is 6.09 Å². The highest BCUT2D eigenvalue weighted by Crippen LogP contribution is 2.00. The molecule has 3 N–H and O–H groups in total. The van der Waals surface area contributed by atoms with E-state index < -0.39 is 12.2 Å². The fraction of sp³-hybridized carbons (Fsp3) is 0.364. The van der Waals surface area contributed by atoms with Crippen LogP contribution in [0, 0.1) is 0 Å². The Morgan fingerprint density at radius 3 is 2.69 bits per heavy atom. The van der Waals surface area contributed by atoms with E-state index >= 15 is 0 Å². The largest absolute Gasteiger partial charge is 0.445 e. The quantitative estimate of drug-likeness (QED) is 0.672. The van der Waals surface area contributed by atoms with Crippen molar-refractivity contribution < 1.29 is 19.7 Å². The number of rotatable bonds is 5. The van der Waals surface area contributed by atoms with Crippen LogP contribution in [-0.2, 0) is 11.3 Å². The highest BCUT2D eigenvalue weighted by Gasteiger charge is 2.06. The van der Waals surface area contributed by atoms with E-state index in [0.29, 0.717) is 0 Å². The average Bonchev–Trinajstić information content (AvgIpc) is 2.34. The standard InChI is InChI=1S/C11H15NO4/c13-7-10(14)6-12-11(15)16-8-9-4-2-1-3-5-9/h1-5,10,13-14H,6-8H2,(H,12,15)/t10-/m0/s1. The average molecular weight is 225 g/mol. The van der Waals surface area contributed by atoms with E-state index in [1.165, 1.54) is 0 Å². The molecule has 0 saturated heterocycles. The zero-order valence-electron chi connectivity index (χ0n) is 8.80. The molecule has 0 aliphatic heterocycles. The first-order valence-corrected chi connectivity index (χ1v) is 4.96. The van der Waals surface area contributed by atoms with Gasteiger partial charge in [-0.05, 0) is 5.56 Å². The van der Waals surface area contributed by atoms with Crippen LogP contribution in [0.15, 0.2) is 30.3 Å². The lowest BCUT2D eigenvalue weighted by atomic mass is 10.2. The summed E-state index contributed by atoms with van der Waals surface area (Å²) < 4.78 is 4.88. The number of benzene rings is 1. The van der Waals surface area contributed by atoms with Crippen LogP contribution in [0.2, 0.25) is 0 Å². The summed E-state index contributed by atoms with van der Waals surface area (Å²) in [5.41, 5.74) is 0.889. The molecule has 0 aliphatic rings. The molecule has 0 aromatic heterocycles. The third-order valence-electron chi connectivity index (χ3n) is 1.91. The Morgan fingerprint density at radius 1 is 1.38 bits per heavy atom. The minimum atomic E-state index is -0.954. The number of alkyl carbamates (subject to hydrolysis) is 1. The molecule has 5 heteroatoms. The lowest BCUT2D eigenvalue weighted by molar-refractivity contribution is 0.0875. The van der Waals surface area contributed by atoms with E-state index in [-0.39, 0.29) is 19.8 Å². The summed E-state index contributed by atoms with van der Waals surface area (Å²) in [4.78, 5) is 11.1. The van der Waals surface area contributed by atoms with Crippen molar-refractivity contribution in [1.29, 1.82) is 0 Å². The summed E-state index contributed by atoms with van der Waals surface area (Å²) in [5, 5.41) is 19.8. The van der Waals surface area contributed by atoms with Gasteiger partial charge in [0.25, 0.3) is 0 Å². The van der Waals surface area contributed by atoms with E-state index in [9.17, 15) is 4.79 Å². The first-order chi connectivity index (χ1) is 7.72. The Bertz CT molecular complexity index is 315. The molecule has 0 aliphatic carbocycles. The van der Waals surface area contributed by atoms with Gasteiger partial charge in [-0.25, -0.2) is 4.79 Å². The molecular weight excluding hydrogens is 210 g/mol. The molecule has 1 aromatic rings. The molecule has 88 valence electrons. The van der Waals surface area contributed by atoms with E-state index in [2.05, 4.69) is 5.32 Å². The molecule has 0 heterocycles. The van der Waals surface area contributed by atoms with Crippen LogP contribution < -0.4 is 5.32 Å². The topological polar surface area (TPSA) is 78.8 Å². The number of hydrogen-bond donors (Lipinski definition) is 3. The van der Waals surface area contributed by atoms with Gasteiger partial charge in [-0.3, -0.25) is 0 Å². The van der Waals surface area contributed by atoms with E-state index in [4.69, 9.17) is 14.9 Å². The van der Waals surface area contributed by atoms with Gasteiger partial charge in [-0.1, -0.05) is 30.3 Å². The summed E-state index contributed by atoms with van der Waals surface area (Å²) in [7, 11) is 0. The van der Waals surface area contributed by atoms with Crippen LogP contribution in [0.1, 0.15) is 5.56 Å². The number of carbonyl (C=O) groups is 1. The van der Waals surface area contributed by atoms with Gasteiger partial charge < -0.3 is 20.3 Å². The molecule has 1 atom stereocenters. The predicted octanol–water partition coefficient (Wildman–Crippen LogP) is 0.266. The number of ether oxygens (including phenoxy) is 1. The fourth-order valence-corrected chi connectivity index (χ4v) is 1.04. The molecule has 1 aromatic carbocycles. The number of carbonyl (C=O) groups excluding carboxylic acids is 1. The van der Waals surface area contributed by atoms with Gasteiger partial charge in [0, 0.05) is 6.54 Å². The first-order valence-electron chi connectivity index (χ1n) is 4.96. The maximum absolute atomic E-state index is 11.1. The van der Waals surface area contributed by atoms with Crippen LogP contribution in [0.25, 0.3) is 0 Å². The van der Waals surface area contributed by atoms with Gasteiger partial charge in [0.05, 0.1) is 12.7 Å². The molecule has 0 spiro atoms. The van der Waals surface area contributed by atoms with Crippen LogP contribution in [-0.4, -0.2) is 35.6 Å². The maximum atomic E-state index is 11.1. The Morgan fingerprint density at radius 2 is 2.06 bits per heavy atom. The van der Waals surface area contributed by atoms with Crippen molar-refractivity contribution in [1.82, 2.24) is 5.32 Å². The number of amides is 1. The van der Waals surface area contributed by atoms with Gasteiger partial charge in [-0.2, -0.15) is 0 Å². The third kappa shape index (κ3) is 4.77. The smallest absolute Gasteiger partial charge is 0.407 e. The Labute approximate surface area is 93.7 Å². The number of hydrogen-bond acceptors (Lipinski definition) is 4. The van der Waals surface area contributed by atoms with Crippen LogP contribution in [0.4, 0.5) is 4.79 Å². The predicted molar refractivity (Wildman–Crippen MR) is 57.7 cm³/mol. The van der Waals surface area contributed by atoms with Crippen molar-refractivity contribution in [3.8, 4) is 0 Å². The zero-order valence-corrected chi connectivity index (χ0v) is 8.80. The molecule has 1 amide bonds. The highest BCUT2D eigenvalue weighted by atomic mass is 16.5. The van der Waals surface area contributed by atoms with Crippen molar-refractivity contribution in [2.24, 2.45) is 0 Å². The molecule has 0 unspecified atom stereocenters. The lowest BCUT2D eigenvalue weighted by Crippen LogP contribution is -2.34. The maximum Gasteiger partial charge on any atom is 0.407 e. The van der Waals surface area contributed by atoms with E-state index in [1.54, 1.807) is 0 Å². The summed E-state index contributed by atoms with van der Waals surface area (Å²) >= 11 is 0. The normalized spacial score (nSPS) is 11.9. The molecule has 0 bridgehead atoms.